The summed E-state index contributed by atoms with van der Waals surface area (Å²) in [5.74, 6) is -0.153. The van der Waals surface area contributed by atoms with Crippen LogP contribution in [0, 0.1) is 0 Å². The summed E-state index contributed by atoms with van der Waals surface area (Å²) in [4.78, 5) is 24.4. The highest BCUT2D eigenvalue weighted by Crippen LogP contribution is 2.31. The fourth-order valence-corrected chi connectivity index (χ4v) is 2.80. The summed E-state index contributed by atoms with van der Waals surface area (Å²) < 4.78 is 6.19. The summed E-state index contributed by atoms with van der Waals surface area (Å²) in [6, 6.07) is 9.07. The highest BCUT2D eigenvalue weighted by atomic mass is 79.9. The molecule has 0 aliphatic heterocycles. The predicted octanol–water partition coefficient (Wildman–Crippen LogP) is 5.09. The van der Waals surface area contributed by atoms with Gasteiger partial charge in [0, 0.05) is 21.5 Å². The monoisotopic (exact) mass is 406 g/mol. The normalized spacial score (nSPS) is 11.5. The maximum atomic E-state index is 12.3. The van der Waals surface area contributed by atoms with Crippen molar-refractivity contribution in [1.29, 1.82) is 0 Å². The molecule has 0 aromatic heterocycles. The Morgan fingerprint density at radius 2 is 1.76 bits per heavy atom. The van der Waals surface area contributed by atoms with Gasteiger partial charge in [-0.05, 0) is 64.3 Å². The molecule has 0 radical (unpaired) electrons. The lowest BCUT2D eigenvalue weighted by Gasteiger charge is -2.20. The first-order valence-corrected chi connectivity index (χ1v) is 8.89. The van der Waals surface area contributed by atoms with Crippen molar-refractivity contribution in [1.82, 2.24) is 5.32 Å². The lowest BCUT2D eigenvalue weighted by Crippen LogP contribution is -2.30. The Labute approximate surface area is 156 Å². The molecule has 2 amide bonds. The Morgan fingerprint density at radius 1 is 1.08 bits per heavy atom. The summed E-state index contributed by atoms with van der Waals surface area (Å²) >= 11 is 3.50. The van der Waals surface area contributed by atoms with Crippen LogP contribution in [-0.2, 0) is 4.74 Å². The fourth-order valence-electron chi connectivity index (χ4n) is 2.32. The number of halogens is 1. The van der Waals surface area contributed by atoms with E-state index in [1.54, 1.807) is 39.0 Å². The zero-order valence-corrected chi connectivity index (χ0v) is 16.7. The van der Waals surface area contributed by atoms with E-state index in [-0.39, 0.29) is 11.9 Å². The van der Waals surface area contributed by atoms with E-state index in [0.717, 1.165) is 15.2 Å². The molecule has 2 aromatic rings. The van der Waals surface area contributed by atoms with Crippen LogP contribution in [0.15, 0.2) is 34.8 Å². The lowest BCUT2D eigenvalue weighted by atomic mass is 10.0. The SMILES string of the molecule is CC(C)NC(=O)c1ccc2c(Br)ccc(NC(=O)OC(C)(C)C)c2c1. The highest BCUT2D eigenvalue weighted by molar-refractivity contribution is 9.10. The first-order chi connectivity index (χ1) is 11.6. The van der Waals surface area contributed by atoms with E-state index in [4.69, 9.17) is 4.74 Å². The molecular weight excluding hydrogens is 384 g/mol. The maximum Gasteiger partial charge on any atom is 0.412 e. The van der Waals surface area contributed by atoms with E-state index in [1.807, 2.05) is 26.0 Å². The van der Waals surface area contributed by atoms with Crippen molar-refractivity contribution in [3.05, 3.63) is 40.4 Å². The molecule has 2 N–H and O–H groups in total. The van der Waals surface area contributed by atoms with Gasteiger partial charge in [0.2, 0.25) is 0 Å². The van der Waals surface area contributed by atoms with Gasteiger partial charge in [-0.3, -0.25) is 10.1 Å². The maximum absolute atomic E-state index is 12.3. The highest BCUT2D eigenvalue weighted by Gasteiger charge is 2.18. The van der Waals surface area contributed by atoms with Crippen molar-refractivity contribution < 1.29 is 14.3 Å². The largest absolute Gasteiger partial charge is 0.444 e. The van der Waals surface area contributed by atoms with Crippen molar-refractivity contribution in [2.45, 2.75) is 46.3 Å². The molecule has 0 fully saturated rings. The van der Waals surface area contributed by atoms with Gasteiger partial charge >= 0.3 is 6.09 Å². The van der Waals surface area contributed by atoms with Gasteiger partial charge in [-0.1, -0.05) is 22.0 Å². The molecular formula is C19H23BrN2O3. The average Bonchev–Trinajstić information content (AvgIpc) is 2.47. The topological polar surface area (TPSA) is 67.4 Å². The van der Waals surface area contributed by atoms with Crippen LogP contribution in [0.25, 0.3) is 10.8 Å². The summed E-state index contributed by atoms with van der Waals surface area (Å²) in [6.45, 7) is 9.23. The number of amides is 2. The average molecular weight is 407 g/mol. The summed E-state index contributed by atoms with van der Waals surface area (Å²) in [5.41, 5.74) is 0.538. The third-order valence-corrected chi connectivity index (χ3v) is 3.97. The van der Waals surface area contributed by atoms with Gasteiger partial charge in [0.05, 0.1) is 5.69 Å². The van der Waals surface area contributed by atoms with Crippen molar-refractivity contribution in [2.75, 3.05) is 5.32 Å². The Balaban J connectivity index is 2.41. The van der Waals surface area contributed by atoms with Crippen LogP contribution >= 0.6 is 15.9 Å². The second-order valence-electron chi connectivity index (χ2n) is 7.11. The third kappa shape index (κ3) is 5.19. The minimum absolute atomic E-state index is 0.0464. The van der Waals surface area contributed by atoms with E-state index >= 15 is 0 Å². The number of hydrogen-bond acceptors (Lipinski definition) is 3. The van der Waals surface area contributed by atoms with Crippen molar-refractivity contribution in [3.63, 3.8) is 0 Å². The number of rotatable bonds is 3. The van der Waals surface area contributed by atoms with E-state index in [2.05, 4.69) is 26.6 Å². The number of ether oxygens (including phenoxy) is 1. The molecule has 25 heavy (non-hydrogen) atoms. The van der Waals surface area contributed by atoms with Gasteiger partial charge in [0.25, 0.3) is 5.91 Å². The zero-order chi connectivity index (χ0) is 18.8. The molecule has 0 unspecified atom stereocenters. The van der Waals surface area contributed by atoms with E-state index < -0.39 is 11.7 Å². The minimum Gasteiger partial charge on any atom is -0.444 e. The predicted molar refractivity (Wildman–Crippen MR) is 104 cm³/mol. The second kappa shape index (κ2) is 7.44. The van der Waals surface area contributed by atoms with Crippen LogP contribution in [0.2, 0.25) is 0 Å². The number of nitrogens with one attached hydrogen (secondary N) is 2. The smallest absolute Gasteiger partial charge is 0.412 e. The Bertz CT molecular complexity index is 810. The molecule has 0 spiro atoms. The van der Waals surface area contributed by atoms with Crippen LogP contribution in [0.1, 0.15) is 45.0 Å². The van der Waals surface area contributed by atoms with E-state index in [0.29, 0.717) is 11.3 Å². The number of benzene rings is 2. The van der Waals surface area contributed by atoms with Crippen LogP contribution in [0.5, 0.6) is 0 Å². The number of carbonyl (C=O) groups is 2. The van der Waals surface area contributed by atoms with Crippen LogP contribution in [-0.4, -0.2) is 23.6 Å². The van der Waals surface area contributed by atoms with E-state index in [9.17, 15) is 9.59 Å². The zero-order valence-electron chi connectivity index (χ0n) is 15.1. The molecule has 0 saturated heterocycles. The van der Waals surface area contributed by atoms with Crippen LogP contribution in [0.4, 0.5) is 10.5 Å². The van der Waals surface area contributed by atoms with Gasteiger partial charge in [-0.2, -0.15) is 0 Å². The number of hydrogen-bond donors (Lipinski definition) is 2. The molecule has 0 saturated carbocycles. The molecule has 6 heteroatoms. The molecule has 5 nitrogen and oxygen atoms in total. The molecule has 134 valence electrons. The molecule has 0 aliphatic carbocycles. The second-order valence-corrected chi connectivity index (χ2v) is 7.96. The molecule has 0 bridgehead atoms. The standard InChI is InChI=1S/C19H23BrN2O3/c1-11(2)21-17(23)12-6-7-13-14(10-12)16(9-8-15(13)20)22-18(24)25-19(3,4)5/h6-11H,1-5H3,(H,21,23)(H,22,24). The summed E-state index contributed by atoms with van der Waals surface area (Å²) in [5, 5.41) is 7.29. The summed E-state index contributed by atoms with van der Waals surface area (Å²) in [6.07, 6.45) is -0.534. The number of fused-ring (bicyclic) bond motifs is 1. The van der Waals surface area contributed by atoms with E-state index in [1.165, 1.54) is 0 Å². The molecule has 2 aromatic carbocycles. The van der Waals surface area contributed by atoms with Crippen molar-refractivity contribution >= 4 is 44.4 Å². The molecule has 0 atom stereocenters. The molecule has 0 aliphatic rings. The van der Waals surface area contributed by atoms with Gasteiger partial charge in [-0.25, -0.2) is 4.79 Å². The van der Waals surface area contributed by atoms with Gasteiger partial charge in [-0.15, -0.1) is 0 Å². The summed E-state index contributed by atoms with van der Waals surface area (Å²) in [7, 11) is 0. The fraction of sp³-hybridized carbons (Fsp3) is 0.368. The number of carbonyl (C=O) groups excluding carboxylic acids is 2. The molecule has 0 heterocycles. The van der Waals surface area contributed by atoms with Crippen LogP contribution in [0.3, 0.4) is 0 Å². The minimum atomic E-state index is -0.586. The van der Waals surface area contributed by atoms with Gasteiger partial charge in [0.1, 0.15) is 5.60 Å². The Hall–Kier alpha value is -2.08. The Kier molecular flexibility index (Phi) is 5.72. The third-order valence-electron chi connectivity index (χ3n) is 3.28. The first kappa shape index (κ1) is 19.2. The van der Waals surface area contributed by atoms with Gasteiger partial charge < -0.3 is 10.1 Å². The lowest BCUT2D eigenvalue weighted by molar-refractivity contribution is 0.0636. The van der Waals surface area contributed by atoms with Crippen molar-refractivity contribution in [3.8, 4) is 0 Å². The quantitative estimate of drug-likeness (QED) is 0.745. The first-order valence-electron chi connectivity index (χ1n) is 8.10. The van der Waals surface area contributed by atoms with Crippen molar-refractivity contribution in [2.24, 2.45) is 0 Å². The van der Waals surface area contributed by atoms with Crippen LogP contribution < -0.4 is 10.6 Å². The molecule has 2 rings (SSSR count). The number of anilines is 1. The van der Waals surface area contributed by atoms with Gasteiger partial charge in [0.15, 0.2) is 0 Å². The Morgan fingerprint density at radius 3 is 2.36 bits per heavy atom.